The lowest BCUT2D eigenvalue weighted by molar-refractivity contribution is -0.143. The molecule has 0 rings (SSSR count). The average molecular weight is 1200 g/mol. The van der Waals surface area contributed by atoms with Crippen LogP contribution < -0.4 is 5.32 Å². The number of hydrogen-bond donors (Lipinski definition) is 3. The van der Waals surface area contributed by atoms with Crippen LogP contribution in [0.4, 0.5) is 0 Å². The van der Waals surface area contributed by atoms with Gasteiger partial charge in [0, 0.05) is 12.8 Å². The molecule has 0 saturated carbocycles. The first kappa shape index (κ1) is 83.1. The van der Waals surface area contributed by atoms with Crippen LogP contribution in [0.1, 0.15) is 431 Å². The van der Waals surface area contributed by atoms with Crippen LogP contribution in [0.5, 0.6) is 0 Å². The van der Waals surface area contributed by atoms with E-state index in [1.165, 1.54) is 347 Å². The standard InChI is InChI=1S/C79H151NO5/c1-3-5-7-9-11-13-15-17-19-21-40-43-47-51-55-59-63-67-71-77(82)76(75-81)80-78(83)72-68-64-60-56-52-48-44-41-37-35-33-31-29-27-25-23-22-24-26-28-30-32-34-36-38-42-46-50-54-58-62-66-70-74-85-79(84)73-69-65-61-57-53-49-45-39-20-18-16-14-12-10-8-6-4-2/h12,14,18,20,26,28,76-77,81-82H,3-11,13,15-17,19,21-25,27,29-75H2,1-2H3,(H,80,83)/b14-12-,20-18-,28-26-. The second-order valence-corrected chi connectivity index (χ2v) is 26.7. The number of aliphatic hydroxyl groups excluding tert-OH is 2. The van der Waals surface area contributed by atoms with E-state index in [1.807, 2.05) is 0 Å². The number of esters is 1. The molecule has 0 bridgehead atoms. The smallest absolute Gasteiger partial charge is 0.305 e. The zero-order valence-corrected chi connectivity index (χ0v) is 57.6. The summed E-state index contributed by atoms with van der Waals surface area (Å²) in [4.78, 5) is 24.6. The molecule has 0 fully saturated rings. The molecule has 0 aliphatic rings. The molecule has 0 aromatic carbocycles. The maximum absolute atomic E-state index is 12.5. The van der Waals surface area contributed by atoms with E-state index in [-0.39, 0.29) is 18.5 Å². The van der Waals surface area contributed by atoms with E-state index in [1.54, 1.807) is 0 Å². The minimum absolute atomic E-state index is 0.0115. The fraction of sp³-hybridized carbons (Fsp3) is 0.899. The van der Waals surface area contributed by atoms with Crippen molar-refractivity contribution in [2.45, 2.75) is 443 Å². The molecule has 0 aliphatic carbocycles. The van der Waals surface area contributed by atoms with E-state index in [4.69, 9.17) is 4.74 Å². The normalized spacial score (nSPS) is 12.7. The minimum atomic E-state index is -0.663. The SMILES string of the molecule is CCCCC/C=C\C/C=C\CCCCCCCCCC(=O)OCCCCCCCCCCCCCC/C=C\CCCCCCCCCCCCCCCCCCCC(=O)NC(CO)C(O)CCCCCCCCCCCCCCCCCCCC. The Morgan fingerprint density at radius 3 is 0.929 bits per heavy atom. The van der Waals surface area contributed by atoms with E-state index >= 15 is 0 Å². The van der Waals surface area contributed by atoms with E-state index in [0.717, 1.165) is 51.4 Å². The second kappa shape index (κ2) is 74.5. The number of allylic oxidation sites excluding steroid dienone is 6. The first-order valence-corrected chi connectivity index (χ1v) is 38.7. The number of ether oxygens (including phenoxy) is 1. The summed E-state index contributed by atoms with van der Waals surface area (Å²) >= 11 is 0. The van der Waals surface area contributed by atoms with E-state index in [0.29, 0.717) is 25.9 Å². The Morgan fingerprint density at radius 2 is 0.588 bits per heavy atom. The van der Waals surface area contributed by atoms with Crippen molar-refractivity contribution in [1.29, 1.82) is 0 Å². The quantitative estimate of drug-likeness (QED) is 0.0320. The molecule has 0 heterocycles. The van der Waals surface area contributed by atoms with Crippen LogP contribution in [-0.2, 0) is 14.3 Å². The maximum atomic E-state index is 12.5. The molecule has 0 radical (unpaired) electrons. The highest BCUT2D eigenvalue weighted by atomic mass is 16.5. The number of unbranched alkanes of at least 4 members (excludes halogenated alkanes) is 56. The van der Waals surface area contributed by atoms with Crippen LogP contribution in [0, 0.1) is 0 Å². The largest absolute Gasteiger partial charge is 0.466 e. The van der Waals surface area contributed by atoms with Crippen molar-refractivity contribution < 1.29 is 24.5 Å². The topological polar surface area (TPSA) is 95.9 Å². The first-order valence-electron chi connectivity index (χ1n) is 38.7. The predicted molar refractivity (Wildman–Crippen MR) is 375 cm³/mol. The van der Waals surface area contributed by atoms with Gasteiger partial charge in [-0.3, -0.25) is 9.59 Å². The summed E-state index contributed by atoms with van der Waals surface area (Å²) in [5, 5.41) is 23.4. The molecule has 502 valence electrons. The summed E-state index contributed by atoms with van der Waals surface area (Å²) in [7, 11) is 0. The molecule has 1 amide bonds. The van der Waals surface area contributed by atoms with Gasteiger partial charge >= 0.3 is 5.97 Å². The molecule has 0 saturated heterocycles. The molecule has 0 aromatic rings. The number of carbonyl (C=O) groups is 2. The molecule has 0 spiro atoms. The highest BCUT2D eigenvalue weighted by Gasteiger charge is 2.20. The minimum Gasteiger partial charge on any atom is -0.466 e. The molecule has 0 aliphatic heterocycles. The fourth-order valence-corrected chi connectivity index (χ4v) is 12.3. The van der Waals surface area contributed by atoms with Gasteiger partial charge in [0.15, 0.2) is 0 Å². The maximum Gasteiger partial charge on any atom is 0.305 e. The van der Waals surface area contributed by atoms with Gasteiger partial charge < -0.3 is 20.3 Å². The summed E-state index contributed by atoms with van der Waals surface area (Å²) < 4.78 is 5.50. The van der Waals surface area contributed by atoms with Crippen molar-refractivity contribution in [2.75, 3.05) is 13.2 Å². The first-order chi connectivity index (χ1) is 42.0. The van der Waals surface area contributed by atoms with Gasteiger partial charge in [-0.15, -0.1) is 0 Å². The van der Waals surface area contributed by atoms with Crippen molar-refractivity contribution in [3.63, 3.8) is 0 Å². The molecule has 0 aromatic heterocycles. The zero-order chi connectivity index (χ0) is 61.3. The van der Waals surface area contributed by atoms with Crippen molar-refractivity contribution >= 4 is 11.9 Å². The van der Waals surface area contributed by atoms with Gasteiger partial charge in [-0.25, -0.2) is 0 Å². The van der Waals surface area contributed by atoms with Gasteiger partial charge in [0.05, 0.1) is 25.4 Å². The molecule has 6 heteroatoms. The summed E-state index contributed by atoms with van der Waals surface area (Å²) in [6.45, 7) is 4.97. The lowest BCUT2D eigenvalue weighted by Crippen LogP contribution is -2.45. The number of carbonyl (C=O) groups excluding carboxylic acids is 2. The van der Waals surface area contributed by atoms with E-state index in [2.05, 4.69) is 55.6 Å². The Labute approximate surface area is 532 Å². The Morgan fingerprint density at radius 1 is 0.329 bits per heavy atom. The molecule has 85 heavy (non-hydrogen) atoms. The highest BCUT2D eigenvalue weighted by molar-refractivity contribution is 5.76. The van der Waals surface area contributed by atoms with Gasteiger partial charge in [0.2, 0.25) is 5.91 Å². The Bertz CT molecular complexity index is 1380. The predicted octanol–water partition coefficient (Wildman–Crippen LogP) is 25.4. The molecule has 2 unspecified atom stereocenters. The Hall–Kier alpha value is -1.92. The van der Waals surface area contributed by atoms with Crippen LogP contribution in [0.25, 0.3) is 0 Å². The molecular weight excluding hydrogens is 1040 g/mol. The summed E-state index contributed by atoms with van der Waals surface area (Å²) in [6, 6.07) is -0.540. The van der Waals surface area contributed by atoms with Gasteiger partial charge in [0.1, 0.15) is 0 Å². The van der Waals surface area contributed by atoms with Gasteiger partial charge in [0.25, 0.3) is 0 Å². The van der Waals surface area contributed by atoms with Crippen LogP contribution in [0.2, 0.25) is 0 Å². The third-order valence-corrected chi connectivity index (χ3v) is 18.2. The van der Waals surface area contributed by atoms with Crippen LogP contribution in [-0.4, -0.2) is 47.4 Å². The van der Waals surface area contributed by atoms with Crippen molar-refractivity contribution in [2.24, 2.45) is 0 Å². The zero-order valence-electron chi connectivity index (χ0n) is 57.6. The number of aliphatic hydroxyl groups is 2. The Kier molecular flexibility index (Phi) is 72.9. The summed E-state index contributed by atoms with van der Waals surface area (Å²) in [5.74, 6) is -0.0162. The third kappa shape index (κ3) is 71.0. The molecular formula is C79H151NO5. The van der Waals surface area contributed by atoms with Crippen molar-refractivity contribution in [3.05, 3.63) is 36.5 Å². The molecule has 2 atom stereocenters. The van der Waals surface area contributed by atoms with Crippen molar-refractivity contribution in [3.8, 4) is 0 Å². The number of rotatable bonds is 73. The second-order valence-electron chi connectivity index (χ2n) is 26.7. The van der Waals surface area contributed by atoms with Gasteiger partial charge in [-0.1, -0.05) is 371 Å². The van der Waals surface area contributed by atoms with Gasteiger partial charge in [-0.2, -0.15) is 0 Å². The number of amides is 1. The number of hydrogen-bond acceptors (Lipinski definition) is 5. The van der Waals surface area contributed by atoms with E-state index < -0.39 is 12.1 Å². The van der Waals surface area contributed by atoms with Gasteiger partial charge in [-0.05, 0) is 83.5 Å². The van der Waals surface area contributed by atoms with E-state index in [9.17, 15) is 19.8 Å². The number of nitrogens with one attached hydrogen (secondary N) is 1. The third-order valence-electron chi connectivity index (χ3n) is 18.2. The lowest BCUT2D eigenvalue weighted by atomic mass is 10.0. The molecule has 6 nitrogen and oxygen atoms in total. The highest BCUT2D eigenvalue weighted by Crippen LogP contribution is 2.19. The monoisotopic (exact) mass is 1190 g/mol. The van der Waals surface area contributed by atoms with Crippen LogP contribution in [0.15, 0.2) is 36.5 Å². The fourth-order valence-electron chi connectivity index (χ4n) is 12.3. The lowest BCUT2D eigenvalue weighted by Gasteiger charge is -2.22. The summed E-state index contributed by atoms with van der Waals surface area (Å²) in [6.07, 6.45) is 96.5. The van der Waals surface area contributed by atoms with Crippen molar-refractivity contribution in [1.82, 2.24) is 5.32 Å². The molecule has 3 N–H and O–H groups in total. The summed E-state index contributed by atoms with van der Waals surface area (Å²) in [5.41, 5.74) is 0. The van der Waals surface area contributed by atoms with Crippen LogP contribution in [0.3, 0.4) is 0 Å². The average Bonchev–Trinajstić information content (AvgIpc) is 3.51. The van der Waals surface area contributed by atoms with Crippen LogP contribution >= 0.6 is 0 Å². The Balaban J connectivity index is 3.35.